The van der Waals surface area contributed by atoms with E-state index >= 15 is 0 Å². The molecule has 0 bridgehead atoms. The molecule has 2 aromatic carbocycles. The van der Waals surface area contributed by atoms with Crippen molar-refractivity contribution >= 4 is 32.5 Å². The topological polar surface area (TPSA) is 116 Å². The third-order valence-electron chi connectivity index (χ3n) is 9.90. The van der Waals surface area contributed by atoms with E-state index in [0.29, 0.717) is 42.4 Å². The number of halogens is 1. The molecule has 1 N–H and O–H groups in total. The predicted molar refractivity (Wildman–Crippen MR) is 181 cm³/mol. The van der Waals surface area contributed by atoms with Crippen LogP contribution in [0, 0.1) is 18.7 Å². The molecule has 0 radical (unpaired) electrons. The second-order valence-electron chi connectivity index (χ2n) is 13.4. The number of sulfone groups is 1. The van der Waals surface area contributed by atoms with Crippen LogP contribution in [0.3, 0.4) is 0 Å². The van der Waals surface area contributed by atoms with E-state index in [-0.39, 0.29) is 41.9 Å². The number of anilines is 1. The minimum Gasteiger partial charge on any atom is -0.473 e. The fraction of sp³-hybridized carbons (Fsp3) is 0.472. The van der Waals surface area contributed by atoms with E-state index < -0.39 is 9.84 Å². The number of aromatic nitrogens is 3. The summed E-state index contributed by atoms with van der Waals surface area (Å²) < 4.78 is 51.8. The van der Waals surface area contributed by atoms with E-state index in [0.717, 1.165) is 73.6 Å². The van der Waals surface area contributed by atoms with E-state index in [1.165, 1.54) is 6.07 Å². The molecule has 4 aromatic rings. The molecule has 2 aromatic heterocycles. The van der Waals surface area contributed by atoms with Crippen molar-refractivity contribution in [1.82, 2.24) is 19.4 Å². The minimum atomic E-state index is -3.03. The molecule has 0 spiro atoms. The van der Waals surface area contributed by atoms with Crippen LogP contribution in [-0.4, -0.2) is 71.1 Å². The molecular formula is C36H42FN5O5S. The number of hydrogen-bond acceptors (Lipinski definition) is 8. The van der Waals surface area contributed by atoms with Crippen LogP contribution in [0.2, 0.25) is 0 Å². The molecule has 0 saturated carbocycles. The largest absolute Gasteiger partial charge is 0.473 e. The number of hydrogen-bond donors (Lipinski definition) is 1. The van der Waals surface area contributed by atoms with Crippen molar-refractivity contribution < 1.29 is 27.1 Å². The number of imidazole rings is 1. The first kappa shape index (κ1) is 32.7. The highest BCUT2D eigenvalue weighted by atomic mass is 32.2. The highest BCUT2D eigenvalue weighted by Crippen LogP contribution is 2.31. The summed E-state index contributed by atoms with van der Waals surface area (Å²) in [6, 6.07) is 16.8. The Balaban J connectivity index is 0.993. The molecule has 3 aliphatic heterocycles. The highest BCUT2D eigenvalue weighted by Gasteiger charge is 2.29. The van der Waals surface area contributed by atoms with Gasteiger partial charge >= 0.3 is 0 Å². The lowest BCUT2D eigenvalue weighted by molar-refractivity contribution is -0.120. The van der Waals surface area contributed by atoms with Crippen molar-refractivity contribution in [2.24, 2.45) is 5.92 Å². The fourth-order valence-electron chi connectivity index (χ4n) is 6.86. The second-order valence-corrected chi connectivity index (χ2v) is 15.7. The number of benzene rings is 2. The zero-order valence-corrected chi connectivity index (χ0v) is 28.1. The first-order valence-electron chi connectivity index (χ1n) is 16.9. The maximum Gasteiger partial charge on any atom is 0.227 e. The van der Waals surface area contributed by atoms with Gasteiger partial charge in [0.05, 0.1) is 41.7 Å². The summed E-state index contributed by atoms with van der Waals surface area (Å²) in [5.74, 6) is 1.19. The third-order valence-corrected chi connectivity index (χ3v) is 11.6. The van der Waals surface area contributed by atoms with E-state index in [1.54, 1.807) is 6.07 Å². The minimum absolute atomic E-state index is 0.0620. The predicted octanol–water partition coefficient (Wildman–Crippen LogP) is 5.39. The van der Waals surface area contributed by atoms with Gasteiger partial charge in [-0.05, 0) is 88.0 Å². The molecule has 0 aliphatic carbocycles. The molecule has 254 valence electrons. The summed E-state index contributed by atoms with van der Waals surface area (Å²) in [5, 5.41) is 3.00. The number of nitrogens with one attached hydrogen (secondary N) is 1. The normalized spacial score (nSPS) is 20.4. The van der Waals surface area contributed by atoms with Crippen molar-refractivity contribution in [2.45, 2.75) is 70.7 Å². The molecular weight excluding hydrogens is 633 g/mol. The Labute approximate surface area is 280 Å². The number of aryl methyl sites for hydroxylation is 1. The Bertz CT molecular complexity index is 1890. The first-order valence-corrected chi connectivity index (χ1v) is 18.7. The Morgan fingerprint density at radius 3 is 2.54 bits per heavy atom. The monoisotopic (exact) mass is 675 g/mol. The molecule has 1 amide bonds. The summed E-state index contributed by atoms with van der Waals surface area (Å²) in [4.78, 5) is 25.2. The van der Waals surface area contributed by atoms with Crippen LogP contribution in [0.5, 0.6) is 5.88 Å². The summed E-state index contributed by atoms with van der Waals surface area (Å²) in [5.41, 5.74) is 4.87. The maximum absolute atomic E-state index is 14.3. The lowest BCUT2D eigenvalue weighted by atomic mass is 9.93. The molecule has 12 heteroatoms. The van der Waals surface area contributed by atoms with Crippen molar-refractivity contribution in [3.8, 4) is 5.88 Å². The molecule has 3 aliphatic rings. The van der Waals surface area contributed by atoms with Gasteiger partial charge in [-0.1, -0.05) is 18.2 Å². The highest BCUT2D eigenvalue weighted by molar-refractivity contribution is 7.91. The molecule has 1 atom stereocenters. The van der Waals surface area contributed by atoms with Crippen molar-refractivity contribution in [1.29, 1.82) is 0 Å². The van der Waals surface area contributed by atoms with Gasteiger partial charge in [-0.15, -0.1) is 0 Å². The van der Waals surface area contributed by atoms with Crippen LogP contribution >= 0.6 is 0 Å². The molecule has 48 heavy (non-hydrogen) atoms. The van der Waals surface area contributed by atoms with Crippen LogP contribution < -0.4 is 10.1 Å². The average molecular weight is 676 g/mol. The van der Waals surface area contributed by atoms with E-state index in [4.69, 9.17) is 19.4 Å². The van der Waals surface area contributed by atoms with Gasteiger partial charge in [-0.3, -0.25) is 9.69 Å². The molecule has 1 unspecified atom stereocenters. The number of rotatable bonds is 10. The smallest absolute Gasteiger partial charge is 0.227 e. The number of ether oxygens (including phenoxy) is 2. The van der Waals surface area contributed by atoms with Crippen molar-refractivity contribution in [3.05, 3.63) is 83.1 Å². The van der Waals surface area contributed by atoms with Gasteiger partial charge in [0.2, 0.25) is 11.8 Å². The molecule has 10 nitrogen and oxygen atoms in total. The van der Waals surface area contributed by atoms with Crippen LogP contribution in [0.1, 0.15) is 60.7 Å². The van der Waals surface area contributed by atoms with Crippen LogP contribution in [0.4, 0.5) is 10.1 Å². The molecule has 3 saturated heterocycles. The number of likely N-dealkylation sites (tertiary alicyclic amines) is 1. The maximum atomic E-state index is 14.3. The lowest BCUT2D eigenvalue weighted by Gasteiger charge is -2.32. The number of carbonyl (C=O) groups is 1. The van der Waals surface area contributed by atoms with Crippen LogP contribution in [0.15, 0.2) is 54.6 Å². The molecule has 5 heterocycles. The SMILES string of the molecule is Cc1ccc(COc2cccc(C3CCN(Cc4nc5cc(NC(=O)C6CCS(=O)(=O)CC6)ccc5n4CC4CCO4)CC3)n2)c(F)c1. The Hall–Kier alpha value is -3.87. The van der Waals surface area contributed by atoms with Crippen molar-refractivity contribution in [2.75, 3.05) is 36.5 Å². The van der Waals surface area contributed by atoms with Gasteiger partial charge in [0.15, 0.2) is 0 Å². The Morgan fingerprint density at radius 1 is 1.02 bits per heavy atom. The lowest BCUT2D eigenvalue weighted by Crippen LogP contribution is -2.35. The number of piperidine rings is 1. The van der Waals surface area contributed by atoms with Gasteiger partial charge in [-0.25, -0.2) is 22.8 Å². The van der Waals surface area contributed by atoms with Crippen LogP contribution in [0.25, 0.3) is 11.0 Å². The number of nitrogens with zero attached hydrogens (tertiary/aromatic N) is 4. The zero-order chi connectivity index (χ0) is 33.3. The van der Waals surface area contributed by atoms with Gasteiger partial charge in [0.25, 0.3) is 0 Å². The van der Waals surface area contributed by atoms with E-state index in [1.807, 2.05) is 49.4 Å². The van der Waals surface area contributed by atoms with E-state index in [9.17, 15) is 17.6 Å². The van der Waals surface area contributed by atoms with Gasteiger partial charge < -0.3 is 19.4 Å². The second kappa shape index (κ2) is 13.9. The number of carbonyl (C=O) groups excluding carboxylic acids is 1. The summed E-state index contributed by atoms with van der Waals surface area (Å²) >= 11 is 0. The van der Waals surface area contributed by atoms with E-state index in [2.05, 4.69) is 14.8 Å². The standard InChI is InChI=1S/C36H42FN5O5S/c1-24-5-6-27(30(37)19-24)23-47-35-4-2-3-31(40-35)25-9-14-41(15-10-25)22-34-39-32-20-28(7-8-33(32)42(34)21-29-11-16-46-29)38-36(43)26-12-17-48(44,45)18-13-26/h2-8,19-20,25-26,29H,9-18,21-23H2,1H3,(H,38,43). The first-order chi connectivity index (χ1) is 23.2. The average Bonchev–Trinajstić information content (AvgIpc) is 3.38. The summed E-state index contributed by atoms with van der Waals surface area (Å²) in [7, 11) is -3.03. The van der Waals surface area contributed by atoms with Crippen LogP contribution in [-0.2, 0) is 39.1 Å². The fourth-order valence-corrected chi connectivity index (χ4v) is 8.35. The van der Waals surface area contributed by atoms with Gasteiger partial charge in [0, 0.05) is 41.5 Å². The number of fused-ring (bicyclic) bond motifs is 1. The molecule has 7 rings (SSSR count). The van der Waals surface area contributed by atoms with Crippen molar-refractivity contribution in [3.63, 3.8) is 0 Å². The Kier molecular flexibility index (Phi) is 9.48. The number of amides is 1. The summed E-state index contributed by atoms with van der Waals surface area (Å²) in [6.45, 7) is 6.00. The van der Waals surface area contributed by atoms with Gasteiger partial charge in [-0.2, -0.15) is 0 Å². The molecule has 3 fully saturated rings. The third kappa shape index (κ3) is 7.55. The quantitative estimate of drug-likeness (QED) is 0.238. The zero-order valence-electron chi connectivity index (χ0n) is 27.2. The number of pyridine rings is 1. The summed E-state index contributed by atoms with van der Waals surface area (Å²) in [6.07, 6.45) is 3.81. The van der Waals surface area contributed by atoms with Gasteiger partial charge in [0.1, 0.15) is 28.1 Å². The Morgan fingerprint density at radius 2 is 1.81 bits per heavy atom.